The third kappa shape index (κ3) is 4.50. The molecule has 0 unspecified atom stereocenters. The predicted octanol–water partition coefficient (Wildman–Crippen LogP) is 1.65. The highest BCUT2D eigenvalue weighted by Gasteiger charge is 2.29. The highest BCUT2D eigenvalue weighted by molar-refractivity contribution is 8.00. The lowest BCUT2D eigenvalue weighted by atomic mass is 10.2. The molecule has 2 aromatic rings. The zero-order valence-corrected chi connectivity index (χ0v) is 14.8. The van der Waals surface area contributed by atoms with Crippen molar-refractivity contribution in [3.8, 4) is 0 Å². The number of thioether (sulfide) groups is 1. The number of benzene rings is 1. The minimum atomic E-state index is -0.487. The van der Waals surface area contributed by atoms with Crippen molar-refractivity contribution in [1.82, 2.24) is 9.55 Å². The Bertz CT molecular complexity index is 855. The van der Waals surface area contributed by atoms with Gasteiger partial charge in [-0.3, -0.25) is 9.36 Å². The lowest BCUT2D eigenvalue weighted by Gasteiger charge is -2.12. The van der Waals surface area contributed by atoms with Gasteiger partial charge in [-0.1, -0.05) is 30.0 Å². The highest BCUT2D eigenvalue weighted by atomic mass is 32.2. The minimum absolute atomic E-state index is 0.0844. The van der Waals surface area contributed by atoms with Crippen LogP contribution >= 0.6 is 11.8 Å². The fraction of sp³-hybridized carbons (Fsp3) is 0.294. The number of hydrogen-bond acceptors (Lipinski definition) is 7. The van der Waals surface area contributed by atoms with Crippen molar-refractivity contribution in [3.05, 3.63) is 58.6 Å². The van der Waals surface area contributed by atoms with Gasteiger partial charge in [0.25, 0.3) is 0 Å². The number of ether oxygens (including phenoxy) is 2. The summed E-state index contributed by atoms with van der Waals surface area (Å²) >= 11 is 1.37. The number of amides is 1. The molecule has 0 radical (unpaired) electrons. The molecule has 26 heavy (non-hydrogen) atoms. The molecule has 0 spiro atoms. The van der Waals surface area contributed by atoms with Crippen LogP contribution in [0.25, 0.3) is 0 Å². The summed E-state index contributed by atoms with van der Waals surface area (Å²) < 4.78 is 12.3. The van der Waals surface area contributed by atoms with Crippen molar-refractivity contribution in [2.24, 2.45) is 0 Å². The van der Waals surface area contributed by atoms with Crippen molar-refractivity contribution in [1.29, 1.82) is 0 Å². The molecule has 8 nitrogen and oxygen atoms in total. The number of nitrogens with one attached hydrogen (secondary N) is 1. The minimum Gasteiger partial charge on any atom is -0.458 e. The number of carbonyl (C=O) groups excluding carboxylic acids is 2. The average molecular weight is 375 g/mol. The van der Waals surface area contributed by atoms with Gasteiger partial charge in [-0.2, -0.15) is 4.98 Å². The Balaban J connectivity index is 1.56. The van der Waals surface area contributed by atoms with Crippen LogP contribution in [0.15, 0.2) is 47.4 Å². The summed E-state index contributed by atoms with van der Waals surface area (Å²) in [5, 5.41) is 2.19. The van der Waals surface area contributed by atoms with Gasteiger partial charge in [0.15, 0.2) is 0 Å². The van der Waals surface area contributed by atoms with E-state index >= 15 is 0 Å². The van der Waals surface area contributed by atoms with Gasteiger partial charge in [-0.05, 0) is 18.2 Å². The summed E-state index contributed by atoms with van der Waals surface area (Å²) in [5.41, 5.74) is -0.380. The van der Waals surface area contributed by atoms with Gasteiger partial charge < -0.3 is 14.8 Å². The van der Waals surface area contributed by atoms with E-state index in [2.05, 4.69) is 10.3 Å². The van der Waals surface area contributed by atoms with Crippen LogP contribution in [0.1, 0.15) is 22.7 Å². The van der Waals surface area contributed by atoms with E-state index in [1.165, 1.54) is 23.3 Å². The van der Waals surface area contributed by atoms with Crippen LogP contribution in [0, 0.1) is 0 Å². The van der Waals surface area contributed by atoms with Gasteiger partial charge in [-0.25, -0.2) is 9.59 Å². The Morgan fingerprint density at radius 1 is 1.35 bits per heavy atom. The number of aromatic nitrogens is 2. The molecule has 0 aliphatic carbocycles. The number of esters is 1. The summed E-state index contributed by atoms with van der Waals surface area (Å²) in [6.45, 7) is 1.72. The second kappa shape index (κ2) is 8.15. The zero-order chi connectivity index (χ0) is 18.5. The molecule has 136 valence electrons. The fourth-order valence-corrected chi connectivity index (χ4v) is 3.46. The molecule has 0 bridgehead atoms. The molecule has 1 saturated heterocycles. The smallest absolute Gasteiger partial charge is 0.350 e. The van der Waals surface area contributed by atoms with E-state index in [9.17, 15) is 14.4 Å². The molecule has 1 aliphatic heterocycles. The summed E-state index contributed by atoms with van der Waals surface area (Å²) in [6.07, 6.45) is 1.56. The van der Waals surface area contributed by atoms with E-state index < -0.39 is 11.7 Å². The van der Waals surface area contributed by atoms with Crippen molar-refractivity contribution < 1.29 is 19.1 Å². The van der Waals surface area contributed by atoms with E-state index in [-0.39, 0.29) is 29.1 Å². The lowest BCUT2D eigenvalue weighted by molar-refractivity contribution is -0.114. The monoisotopic (exact) mass is 375 g/mol. The maximum atomic E-state index is 12.1. The first-order chi connectivity index (χ1) is 12.5. The molecule has 9 heteroatoms. The standard InChI is InChI=1S/C17H17N3O5S/c1-11(21)18-13-7-8-20(17(23)19-13)14-9-24-15(26-14)10-25-16(22)12-5-3-2-4-6-12/h2-8,14-15H,9-10H2,1H3,(H,18,19,21,23)/t14-,15+/m1/s1. The molecule has 1 aromatic heterocycles. The molecule has 1 aromatic carbocycles. The zero-order valence-electron chi connectivity index (χ0n) is 14.0. The Kier molecular flexibility index (Phi) is 5.69. The average Bonchev–Trinajstić information content (AvgIpc) is 3.08. The molecular weight excluding hydrogens is 358 g/mol. The first-order valence-electron chi connectivity index (χ1n) is 7.89. The van der Waals surface area contributed by atoms with Crippen molar-refractivity contribution in [3.63, 3.8) is 0 Å². The van der Waals surface area contributed by atoms with Crippen LogP contribution in [-0.2, 0) is 14.3 Å². The quantitative estimate of drug-likeness (QED) is 0.793. The van der Waals surface area contributed by atoms with Crippen LogP contribution in [0.5, 0.6) is 0 Å². The molecule has 1 amide bonds. The van der Waals surface area contributed by atoms with Gasteiger partial charge in [0.1, 0.15) is 23.2 Å². The third-order valence-corrected chi connectivity index (χ3v) is 4.79. The molecule has 3 rings (SSSR count). The van der Waals surface area contributed by atoms with Crippen molar-refractivity contribution in [2.75, 3.05) is 18.5 Å². The number of nitrogens with zero attached hydrogens (tertiary/aromatic N) is 2. The second-order valence-electron chi connectivity index (χ2n) is 5.50. The van der Waals surface area contributed by atoms with Crippen molar-refractivity contribution in [2.45, 2.75) is 17.7 Å². The Morgan fingerprint density at radius 3 is 2.81 bits per heavy atom. The van der Waals surface area contributed by atoms with E-state index in [1.807, 2.05) is 6.07 Å². The molecule has 2 atom stereocenters. The van der Waals surface area contributed by atoms with Crippen molar-refractivity contribution >= 4 is 29.5 Å². The third-order valence-electron chi connectivity index (χ3n) is 3.54. The molecule has 1 N–H and O–H groups in total. The first-order valence-corrected chi connectivity index (χ1v) is 8.83. The van der Waals surface area contributed by atoms with E-state index in [4.69, 9.17) is 9.47 Å². The predicted molar refractivity (Wildman–Crippen MR) is 95.9 cm³/mol. The van der Waals surface area contributed by atoms with Gasteiger partial charge in [0, 0.05) is 13.1 Å². The summed E-state index contributed by atoms with van der Waals surface area (Å²) in [5.74, 6) is -0.513. The van der Waals surface area contributed by atoms with Crippen LogP contribution in [0.2, 0.25) is 0 Å². The van der Waals surface area contributed by atoms with Crippen LogP contribution in [0.3, 0.4) is 0 Å². The van der Waals surface area contributed by atoms with Crippen LogP contribution in [-0.4, -0.2) is 40.1 Å². The Labute approximate surface area is 153 Å². The molecular formula is C17H17N3O5S. The second-order valence-corrected chi connectivity index (χ2v) is 6.84. The van der Waals surface area contributed by atoms with Crippen LogP contribution < -0.4 is 11.0 Å². The Hall–Kier alpha value is -2.65. The maximum absolute atomic E-state index is 12.1. The molecule has 0 saturated carbocycles. The van der Waals surface area contributed by atoms with Gasteiger partial charge >= 0.3 is 11.7 Å². The fourth-order valence-electron chi connectivity index (χ4n) is 2.36. The Morgan fingerprint density at radius 2 is 2.12 bits per heavy atom. The maximum Gasteiger partial charge on any atom is 0.350 e. The number of rotatable bonds is 5. The number of anilines is 1. The van der Waals surface area contributed by atoms with Crippen LogP contribution in [0.4, 0.5) is 5.82 Å². The normalized spacial score (nSPS) is 19.1. The summed E-state index contributed by atoms with van der Waals surface area (Å²) in [7, 11) is 0. The summed E-state index contributed by atoms with van der Waals surface area (Å²) in [4.78, 5) is 38.9. The highest BCUT2D eigenvalue weighted by Crippen LogP contribution is 2.34. The SMILES string of the molecule is CC(=O)Nc1ccn([C@H]2CO[C@H](COC(=O)c3ccccc3)S2)c(=O)n1. The van der Waals surface area contributed by atoms with E-state index in [0.717, 1.165) is 0 Å². The molecule has 1 aliphatic rings. The summed E-state index contributed by atoms with van der Waals surface area (Å²) in [6, 6.07) is 10.2. The largest absolute Gasteiger partial charge is 0.458 e. The topological polar surface area (TPSA) is 99.5 Å². The van der Waals surface area contributed by atoms with E-state index in [1.54, 1.807) is 36.5 Å². The van der Waals surface area contributed by atoms with Gasteiger partial charge in [0.05, 0.1) is 12.2 Å². The number of carbonyl (C=O) groups is 2. The number of hydrogen-bond donors (Lipinski definition) is 1. The van der Waals surface area contributed by atoms with E-state index in [0.29, 0.717) is 12.2 Å². The first kappa shape index (κ1) is 18.2. The van der Waals surface area contributed by atoms with Gasteiger partial charge in [-0.15, -0.1) is 0 Å². The van der Waals surface area contributed by atoms with Gasteiger partial charge in [0.2, 0.25) is 5.91 Å². The lowest BCUT2D eigenvalue weighted by Crippen LogP contribution is -2.27. The molecule has 1 fully saturated rings. The molecule has 2 heterocycles.